The van der Waals surface area contributed by atoms with Crippen LogP contribution in [0.3, 0.4) is 0 Å². The average molecular weight is 392 g/mol. The molecule has 2 N–H and O–H groups in total. The maximum Gasteiger partial charge on any atom is 0.259 e. The zero-order valence-electron chi connectivity index (χ0n) is 16.0. The zero-order chi connectivity index (χ0) is 20.6. The van der Waals surface area contributed by atoms with Gasteiger partial charge in [-0.1, -0.05) is 18.2 Å². The molecule has 0 aliphatic carbocycles. The highest BCUT2D eigenvalue weighted by Gasteiger charge is 2.11. The summed E-state index contributed by atoms with van der Waals surface area (Å²) in [5, 5.41) is 7.41. The average Bonchev–Trinajstić information content (AvgIpc) is 2.77. The fraction of sp³-hybridized carbons (Fsp3) is 0.143. The normalized spacial score (nSPS) is 10.7. The van der Waals surface area contributed by atoms with Crippen LogP contribution in [0.2, 0.25) is 0 Å². The number of carbonyl (C=O) groups excluding carboxylic acids is 2. The summed E-state index contributed by atoms with van der Waals surface area (Å²) in [5.74, 6) is 0.0807. The molecule has 1 heterocycles. The van der Waals surface area contributed by atoms with Gasteiger partial charge in [0.05, 0.1) is 32.5 Å². The van der Waals surface area contributed by atoms with Crippen LogP contribution >= 0.6 is 0 Å². The molecule has 8 nitrogen and oxygen atoms in total. The van der Waals surface area contributed by atoms with Crippen LogP contribution in [-0.2, 0) is 4.79 Å². The number of aromatic nitrogens is 1. The largest absolute Gasteiger partial charge is 0.493 e. The summed E-state index contributed by atoms with van der Waals surface area (Å²) in [4.78, 5) is 28.5. The van der Waals surface area contributed by atoms with E-state index < -0.39 is 11.8 Å². The molecule has 0 radical (unpaired) electrons. The first-order chi connectivity index (χ1) is 14.1. The monoisotopic (exact) mass is 392 g/mol. The Morgan fingerprint density at radius 2 is 1.86 bits per heavy atom. The summed E-state index contributed by atoms with van der Waals surface area (Å²) in [6.45, 7) is -0.221. The molecule has 0 saturated heterocycles. The van der Waals surface area contributed by atoms with Gasteiger partial charge in [0.2, 0.25) is 0 Å². The Morgan fingerprint density at radius 3 is 2.66 bits per heavy atom. The van der Waals surface area contributed by atoms with Gasteiger partial charge in [0.25, 0.3) is 11.8 Å². The number of hydrogen-bond donors (Lipinski definition) is 2. The van der Waals surface area contributed by atoms with Crippen LogP contribution in [0.5, 0.6) is 11.5 Å². The number of hydrazone groups is 1. The zero-order valence-corrected chi connectivity index (χ0v) is 16.0. The van der Waals surface area contributed by atoms with E-state index in [9.17, 15) is 9.59 Å². The Labute approximate surface area is 167 Å². The van der Waals surface area contributed by atoms with E-state index in [1.165, 1.54) is 20.4 Å². The predicted octanol–water partition coefficient (Wildman–Crippen LogP) is 2.13. The van der Waals surface area contributed by atoms with Crippen molar-refractivity contribution in [3.63, 3.8) is 0 Å². The number of hydrogen-bond acceptors (Lipinski definition) is 6. The van der Waals surface area contributed by atoms with Crippen LogP contribution < -0.4 is 20.2 Å². The molecule has 0 fully saturated rings. The maximum atomic E-state index is 12.2. The van der Waals surface area contributed by atoms with Crippen molar-refractivity contribution in [1.29, 1.82) is 0 Å². The molecule has 0 spiro atoms. The number of para-hydroxylation sites is 1. The Bertz CT molecular complexity index is 1060. The van der Waals surface area contributed by atoms with E-state index in [-0.39, 0.29) is 6.54 Å². The molecule has 3 rings (SSSR count). The minimum atomic E-state index is -0.451. The van der Waals surface area contributed by atoms with Gasteiger partial charge in [-0.05, 0) is 30.3 Å². The second-order valence-electron chi connectivity index (χ2n) is 5.96. The molecule has 0 saturated carbocycles. The minimum Gasteiger partial charge on any atom is -0.493 e. The second kappa shape index (κ2) is 9.32. The van der Waals surface area contributed by atoms with Crippen molar-refractivity contribution in [2.75, 3.05) is 20.8 Å². The van der Waals surface area contributed by atoms with E-state index in [2.05, 4.69) is 20.8 Å². The van der Waals surface area contributed by atoms with E-state index in [0.717, 1.165) is 16.5 Å². The molecule has 2 amide bonds. The summed E-state index contributed by atoms with van der Waals surface area (Å²) in [6, 6.07) is 14.2. The lowest BCUT2D eigenvalue weighted by atomic mass is 10.1. The number of fused-ring (bicyclic) bond motifs is 1. The Balaban J connectivity index is 1.56. The molecule has 148 valence electrons. The van der Waals surface area contributed by atoms with Gasteiger partial charge < -0.3 is 14.8 Å². The molecule has 0 bridgehead atoms. The van der Waals surface area contributed by atoms with Crippen molar-refractivity contribution >= 4 is 28.9 Å². The Kier molecular flexibility index (Phi) is 6.36. The summed E-state index contributed by atoms with van der Waals surface area (Å²) in [6.07, 6.45) is 3.22. The molecular formula is C21H20N4O4. The van der Waals surface area contributed by atoms with Gasteiger partial charge in [-0.15, -0.1) is 0 Å². The van der Waals surface area contributed by atoms with Gasteiger partial charge in [0, 0.05) is 22.7 Å². The third-order valence-electron chi connectivity index (χ3n) is 4.13. The van der Waals surface area contributed by atoms with Gasteiger partial charge in [-0.25, -0.2) is 5.43 Å². The lowest BCUT2D eigenvalue weighted by molar-refractivity contribution is -0.120. The highest BCUT2D eigenvalue weighted by Crippen LogP contribution is 2.27. The van der Waals surface area contributed by atoms with Crippen molar-refractivity contribution in [3.8, 4) is 11.5 Å². The third-order valence-corrected chi connectivity index (χ3v) is 4.13. The Hall–Kier alpha value is -3.94. The standard InChI is InChI=1S/C21H20N4O4/c1-28-18-8-7-14(11-19(18)29-2)21(27)23-13-20(26)25-24-12-15-9-10-22-17-6-4-3-5-16(15)17/h3-12H,13H2,1-2H3,(H,23,27)(H,25,26). The smallest absolute Gasteiger partial charge is 0.259 e. The fourth-order valence-corrected chi connectivity index (χ4v) is 2.68. The third kappa shape index (κ3) is 4.86. The van der Waals surface area contributed by atoms with Gasteiger partial charge in [0.15, 0.2) is 11.5 Å². The molecule has 0 atom stereocenters. The van der Waals surface area contributed by atoms with Gasteiger partial charge >= 0.3 is 0 Å². The first-order valence-electron chi connectivity index (χ1n) is 8.78. The van der Waals surface area contributed by atoms with E-state index in [1.54, 1.807) is 30.5 Å². The molecule has 8 heteroatoms. The fourth-order valence-electron chi connectivity index (χ4n) is 2.68. The molecule has 0 unspecified atom stereocenters. The molecule has 2 aromatic carbocycles. The van der Waals surface area contributed by atoms with Crippen LogP contribution in [0.1, 0.15) is 15.9 Å². The molecule has 1 aromatic heterocycles. The Morgan fingerprint density at radius 1 is 1.07 bits per heavy atom. The van der Waals surface area contributed by atoms with Crippen LogP contribution in [0.4, 0.5) is 0 Å². The van der Waals surface area contributed by atoms with Crippen molar-refractivity contribution < 1.29 is 19.1 Å². The predicted molar refractivity (Wildman–Crippen MR) is 109 cm³/mol. The summed E-state index contributed by atoms with van der Waals surface area (Å²) >= 11 is 0. The first-order valence-corrected chi connectivity index (χ1v) is 8.78. The number of rotatable bonds is 7. The quantitative estimate of drug-likeness (QED) is 0.474. The number of methoxy groups -OCH3 is 2. The highest BCUT2D eigenvalue weighted by molar-refractivity contribution is 5.99. The minimum absolute atomic E-state index is 0.221. The van der Waals surface area contributed by atoms with Gasteiger partial charge in [-0.2, -0.15) is 5.10 Å². The molecule has 3 aromatic rings. The van der Waals surface area contributed by atoms with E-state index >= 15 is 0 Å². The van der Waals surface area contributed by atoms with Crippen molar-refractivity contribution in [3.05, 3.63) is 65.9 Å². The molecule has 0 aliphatic rings. The van der Waals surface area contributed by atoms with Crippen LogP contribution in [-0.4, -0.2) is 43.8 Å². The number of ether oxygens (including phenoxy) is 2. The van der Waals surface area contributed by atoms with Crippen LogP contribution in [0.15, 0.2) is 59.8 Å². The second-order valence-corrected chi connectivity index (χ2v) is 5.96. The number of pyridine rings is 1. The highest BCUT2D eigenvalue weighted by atomic mass is 16.5. The topological polar surface area (TPSA) is 102 Å². The number of nitrogens with one attached hydrogen (secondary N) is 2. The number of carbonyl (C=O) groups is 2. The van der Waals surface area contributed by atoms with E-state index in [0.29, 0.717) is 17.1 Å². The van der Waals surface area contributed by atoms with Crippen molar-refractivity contribution in [1.82, 2.24) is 15.7 Å². The number of amides is 2. The number of nitrogens with zero attached hydrogens (tertiary/aromatic N) is 2. The number of benzene rings is 2. The van der Waals surface area contributed by atoms with Gasteiger partial charge in [0.1, 0.15) is 0 Å². The summed E-state index contributed by atoms with van der Waals surface area (Å²) < 4.78 is 10.3. The molecule has 0 aliphatic heterocycles. The summed E-state index contributed by atoms with van der Waals surface area (Å²) in [5.41, 5.74) is 4.41. The first kappa shape index (κ1) is 19.8. The molecular weight excluding hydrogens is 372 g/mol. The lowest BCUT2D eigenvalue weighted by Crippen LogP contribution is -2.34. The molecule has 29 heavy (non-hydrogen) atoms. The lowest BCUT2D eigenvalue weighted by Gasteiger charge is -2.09. The van der Waals surface area contributed by atoms with Crippen molar-refractivity contribution in [2.24, 2.45) is 5.10 Å². The van der Waals surface area contributed by atoms with Gasteiger partial charge in [-0.3, -0.25) is 14.6 Å². The maximum absolute atomic E-state index is 12.2. The van der Waals surface area contributed by atoms with Crippen LogP contribution in [0.25, 0.3) is 10.9 Å². The van der Waals surface area contributed by atoms with E-state index in [1.807, 2.05) is 24.3 Å². The van der Waals surface area contributed by atoms with Crippen molar-refractivity contribution in [2.45, 2.75) is 0 Å². The van der Waals surface area contributed by atoms with Crippen LogP contribution in [0, 0.1) is 0 Å². The summed E-state index contributed by atoms with van der Waals surface area (Å²) in [7, 11) is 2.99. The van der Waals surface area contributed by atoms with E-state index in [4.69, 9.17) is 9.47 Å². The SMILES string of the molecule is COc1ccc(C(=O)NCC(=O)NN=Cc2ccnc3ccccc23)cc1OC.